The van der Waals surface area contributed by atoms with Crippen LogP contribution in [0.3, 0.4) is 0 Å². The van der Waals surface area contributed by atoms with Crippen molar-refractivity contribution in [1.29, 1.82) is 0 Å². The Morgan fingerprint density at radius 3 is 2.79 bits per heavy atom. The van der Waals surface area contributed by atoms with Crippen LogP contribution in [-0.2, 0) is 4.79 Å². The first-order chi connectivity index (χ1) is 6.68. The average molecular weight is 190 g/mol. The second kappa shape index (κ2) is 3.33. The second-order valence-electron chi connectivity index (χ2n) is 3.69. The first-order valence-corrected chi connectivity index (χ1v) is 4.85. The molecular weight excluding hydrogens is 176 g/mol. The molecule has 1 aromatic carbocycles. The number of amides is 1. The van der Waals surface area contributed by atoms with E-state index >= 15 is 0 Å². The van der Waals surface area contributed by atoms with Gasteiger partial charge in [-0.15, -0.1) is 0 Å². The minimum Gasteiger partial charge on any atom is -0.398 e. The normalized spacial score (nSPS) is 16.4. The summed E-state index contributed by atoms with van der Waals surface area (Å²) in [4.78, 5) is 13.3. The highest BCUT2D eigenvalue weighted by molar-refractivity contribution is 5.95. The molecule has 1 aromatic rings. The zero-order chi connectivity index (χ0) is 10.1. The molecule has 1 aliphatic heterocycles. The molecule has 1 heterocycles. The van der Waals surface area contributed by atoms with Crippen molar-refractivity contribution in [2.24, 2.45) is 0 Å². The summed E-state index contributed by atoms with van der Waals surface area (Å²) in [6.07, 6.45) is 1.61. The van der Waals surface area contributed by atoms with Gasteiger partial charge in [-0.3, -0.25) is 4.79 Å². The van der Waals surface area contributed by atoms with Crippen molar-refractivity contribution in [3.05, 3.63) is 23.8 Å². The summed E-state index contributed by atoms with van der Waals surface area (Å²) in [6, 6.07) is 5.78. The summed E-state index contributed by atoms with van der Waals surface area (Å²) >= 11 is 0. The summed E-state index contributed by atoms with van der Waals surface area (Å²) in [5, 5.41) is 0. The number of carbonyl (C=O) groups is 1. The summed E-state index contributed by atoms with van der Waals surface area (Å²) in [7, 11) is 0. The third kappa shape index (κ3) is 1.45. The lowest BCUT2D eigenvalue weighted by atomic mass is 10.2. The van der Waals surface area contributed by atoms with Gasteiger partial charge in [0.2, 0.25) is 5.91 Å². The smallest absolute Gasteiger partial charge is 0.227 e. The number of nitrogens with zero attached hydrogens (tertiary/aromatic N) is 1. The largest absolute Gasteiger partial charge is 0.398 e. The molecule has 0 atom stereocenters. The number of hydrogen-bond donors (Lipinski definition) is 1. The maximum Gasteiger partial charge on any atom is 0.227 e. The van der Waals surface area contributed by atoms with Gasteiger partial charge in [0.1, 0.15) is 0 Å². The van der Waals surface area contributed by atoms with E-state index in [9.17, 15) is 4.79 Å². The van der Waals surface area contributed by atoms with E-state index in [1.54, 1.807) is 4.90 Å². The van der Waals surface area contributed by atoms with Crippen molar-refractivity contribution >= 4 is 17.3 Å². The average Bonchev–Trinajstić information content (AvgIpc) is 2.57. The van der Waals surface area contributed by atoms with Crippen LogP contribution in [0.1, 0.15) is 18.4 Å². The fraction of sp³-hybridized carbons (Fsp3) is 0.364. The van der Waals surface area contributed by atoms with E-state index in [0.717, 1.165) is 29.9 Å². The molecule has 0 unspecified atom stereocenters. The van der Waals surface area contributed by atoms with Crippen LogP contribution >= 0.6 is 0 Å². The highest BCUT2D eigenvalue weighted by atomic mass is 16.2. The molecule has 2 rings (SSSR count). The van der Waals surface area contributed by atoms with E-state index in [0.29, 0.717) is 6.42 Å². The minimum absolute atomic E-state index is 0.202. The van der Waals surface area contributed by atoms with Gasteiger partial charge in [-0.1, -0.05) is 6.07 Å². The van der Waals surface area contributed by atoms with Gasteiger partial charge in [-0.05, 0) is 31.0 Å². The SMILES string of the molecule is Cc1ccc(N2CCCC2=O)cc1N. The number of aryl methyl sites for hydroxylation is 1. The van der Waals surface area contributed by atoms with Gasteiger partial charge in [0.15, 0.2) is 0 Å². The number of rotatable bonds is 1. The van der Waals surface area contributed by atoms with Crippen molar-refractivity contribution in [3.63, 3.8) is 0 Å². The fourth-order valence-electron chi connectivity index (χ4n) is 1.72. The van der Waals surface area contributed by atoms with Gasteiger partial charge >= 0.3 is 0 Å². The molecule has 0 aromatic heterocycles. The van der Waals surface area contributed by atoms with Crippen molar-refractivity contribution in [2.75, 3.05) is 17.2 Å². The van der Waals surface area contributed by atoms with Crippen molar-refractivity contribution in [1.82, 2.24) is 0 Å². The molecular formula is C11H14N2O. The Hall–Kier alpha value is -1.51. The number of carbonyl (C=O) groups excluding carboxylic acids is 1. The Labute approximate surface area is 83.5 Å². The minimum atomic E-state index is 0.202. The molecule has 0 aliphatic carbocycles. The monoisotopic (exact) mass is 190 g/mol. The highest BCUT2D eigenvalue weighted by Crippen LogP contribution is 2.24. The van der Waals surface area contributed by atoms with Gasteiger partial charge in [0.05, 0.1) is 0 Å². The summed E-state index contributed by atoms with van der Waals surface area (Å²) < 4.78 is 0. The van der Waals surface area contributed by atoms with E-state index in [2.05, 4.69) is 0 Å². The predicted molar refractivity (Wildman–Crippen MR) is 57.2 cm³/mol. The molecule has 0 saturated carbocycles. The molecule has 1 amide bonds. The molecule has 2 N–H and O–H groups in total. The molecule has 74 valence electrons. The van der Waals surface area contributed by atoms with E-state index in [1.807, 2.05) is 25.1 Å². The Morgan fingerprint density at radius 2 is 2.21 bits per heavy atom. The quantitative estimate of drug-likeness (QED) is 0.685. The van der Waals surface area contributed by atoms with Crippen LogP contribution in [0, 0.1) is 6.92 Å². The summed E-state index contributed by atoms with van der Waals surface area (Å²) in [5.41, 5.74) is 8.53. The zero-order valence-electron chi connectivity index (χ0n) is 8.29. The molecule has 1 fully saturated rings. The Kier molecular flexibility index (Phi) is 2.15. The molecule has 1 aliphatic rings. The van der Waals surface area contributed by atoms with Crippen molar-refractivity contribution in [2.45, 2.75) is 19.8 Å². The maximum absolute atomic E-state index is 11.5. The van der Waals surface area contributed by atoms with Crippen LogP contribution in [0.15, 0.2) is 18.2 Å². The summed E-state index contributed by atoms with van der Waals surface area (Å²) in [6.45, 7) is 2.78. The topological polar surface area (TPSA) is 46.3 Å². The van der Waals surface area contributed by atoms with Gasteiger partial charge in [0, 0.05) is 24.3 Å². The number of nitrogen functional groups attached to an aromatic ring is 1. The van der Waals surface area contributed by atoms with Crippen LogP contribution in [-0.4, -0.2) is 12.5 Å². The third-order valence-corrected chi connectivity index (χ3v) is 2.65. The fourth-order valence-corrected chi connectivity index (χ4v) is 1.72. The lowest BCUT2D eigenvalue weighted by Gasteiger charge is -2.16. The Morgan fingerprint density at radius 1 is 1.43 bits per heavy atom. The summed E-state index contributed by atoms with van der Waals surface area (Å²) in [5.74, 6) is 0.202. The van der Waals surface area contributed by atoms with Crippen molar-refractivity contribution in [3.8, 4) is 0 Å². The predicted octanol–water partition coefficient (Wildman–Crippen LogP) is 1.70. The molecule has 0 radical (unpaired) electrons. The molecule has 0 spiro atoms. The maximum atomic E-state index is 11.5. The Bertz CT molecular complexity index is 374. The van der Waals surface area contributed by atoms with Gasteiger partial charge in [-0.25, -0.2) is 0 Å². The molecule has 3 heteroatoms. The molecule has 14 heavy (non-hydrogen) atoms. The van der Waals surface area contributed by atoms with Crippen LogP contribution in [0.2, 0.25) is 0 Å². The van der Waals surface area contributed by atoms with Gasteiger partial charge in [0.25, 0.3) is 0 Å². The standard InChI is InChI=1S/C11H14N2O/c1-8-4-5-9(7-10(8)12)13-6-2-3-11(13)14/h4-5,7H,2-3,6,12H2,1H3. The number of nitrogens with two attached hydrogens (primary N) is 1. The van der Waals surface area contributed by atoms with Crippen LogP contribution in [0.5, 0.6) is 0 Å². The molecule has 3 nitrogen and oxygen atoms in total. The third-order valence-electron chi connectivity index (χ3n) is 2.65. The molecule has 1 saturated heterocycles. The lowest BCUT2D eigenvalue weighted by molar-refractivity contribution is -0.117. The Balaban J connectivity index is 2.32. The van der Waals surface area contributed by atoms with Gasteiger partial charge in [-0.2, -0.15) is 0 Å². The van der Waals surface area contributed by atoms with E-state index in [1.165, 1.54) is 0 Å². The number of anilines is 2. The first-order valence-electron chi connectivity index (χ1n) is 4.85. The van der Waals surface area contributed by atoms with Crippen LogP contribution in [0.25, 0.3) is 0 Å². The zero-order valence-corrected chi connectivity index (χ0v) is 8.29. The van der Waals surface area contributed by atoms with E-state index in [-0.39, 0.29) is 5.91 Å². The van der Waals surface area contributed by atoms with Crippen LogP contribution < -0.4 is 10.6 Å². The lowest BCUT2D eigenvalue weighted by Crippen LogP contribution is -2.23. The first kappa shape index (κ1) is 9.06. The number of hydrogen-bond acceptors (Lipinski definition) is 2. The van der Waals surface area contributed by atoms with Crippen molar-refractivity contribution < 1.29 is 4.79 Å². The van der Waals surface area contributed by atoms with E-state index < -0.39 is 0 Å². The second-order valence-corrected chi connectivity index (χ2v) is 3.69. The molecule has 0 bridgehead atoms. The van der Waals surface area contributed by atoms with E-state index in [4.69, 9.17) is 5.73 Å². The van der Waals surface area contributed by atoms with Crippen LogP contribution in [0.4, 0.5) is 11.4 Å². The van der Waals surface area contributed by atoms with Gasteiger partial charge < -0.3 is 10.6 Å². The number of benzene rings is 1. The highest BCUT2D eigenvalue weighted by Gasteiger charge is 2.21.